The van der Waals surface area contributed by atoms with Crippen molar-refractivity contribution in [1.82, 2.24) is 0 Å². The third-order valence-corrected chi connectivity index (χ3v) is 3.38. The average Bonchev–Trinajstić information content (AvgIpc) is 2.35. The van der Waals surface area contributed by atoms with Crippen LogP contribution in [0.5, 0.6) is 0 Å². The van der Waals surface area contributed by atoms with Crippen molar-refractivity contribution < 1.29 is 13.6 Å². The van der Waals surface area contributed by atoms with Crippen LogP contribution in [0, 0.1) is 18.6 Å². The molecule has 20 heavy (non-hydrogen) atoms. The molecule has 0 aromatic heterocycles. The van der Waals surface area contributed by atoms with Gasteiger partial charge in [-0.15, -0.1) is 0 Å². The molecule has 0 aliphatic carbocycles. The minimum Gasteiger partial charge on any atom is -0.398 e. The van der Waals surface area contributed by atoms with Crippen molar-refractivity contribution in [3.63, 3.8) is 0 Å². The van der Waals surface area contributed by atoms with E-state index in [1.807, 2.05) is 0 Å². The van der Waals surface area contributed by atoms with Gasteiger partial charge < -0.3 is 11.1 Å². The molecule has 3 nitrogen and oxygen atoms in total. The fourth-order valence-electron chi connectivity index (χ4n) is 1.71. The number of nitrogen functional groups attached to an aromatic ring is 1. The van der Waals surface area contributed by atoms with Gasteiger partial charge in [-0.25, -0.2) is 8.78 Å². The van der Waals surface area contributed by atoms with Gasteiger partial charge in [0, 0.05) is 11.4 Å². The van der Waals surface area contributed by atoms with Crippen molar-refractivity contribution in [3.05, 3.63) is 57.6 Å². The SMILES string of the molecule is Cc1cc(Br)c(F)cc1NC(=O)c1ccc(F)cc1N. The predicted octanol–water partition coefficient (Wildman–Crippen LogP) is 3.87. The molecular formula is C14H11BrF2N2O. The zero-order chi connectivity index (χ0) is 14.9. The van der Waals surface area contributed by atoms with E-state index >= 15 is 0 Å². The summed E-state index contributed by atoms with van der Waals surface area (Å²) in [5.41, 5.74) is 6.76. The summed E-state index contributed by atoms with van der Waals surface area (Å²) < 4.78 is 26.7. The summed E-state index contributed by atoms with van der Waals surface area (Å²) >= 11 is 3.06. The Balaban J connectivity index is 2.30. The Labute approximate surface area is 122 Å². The quantitative estimate of drug-likeness (QED) is 0.815. The van der Waals surface area contributed by atoms with Crippen molar-refractivity contribution >= 4 is 33.2 Å². The zero-order valence-corrected chi connectivity index (χ0v) is 12.1. The van der Waals surface area contributed by atoms with Crippen LogP contribution in [0.2, 0.25) is 0 Å². The average molecular weight is 341 g/mol. The van der Waals surface area contributed by atoms with E-state index in [4.69, 9.17) is 5.73 Å². The van der Waals surface area contributed by atoms with Gasteiger partial charge in [-0.2, -0.15) is 0 Å². The molecule has 0 spiro atoms. The number of rotatable bonds is 2. The molecule has 2 aromatic carbocycles. The second-order valence-corrected chi connectivity index (χ2v) is 5.12. The molecule has 0 atom stereocenters. The van der Waals surface area contributed by atoms with Gasteiger partial charge in [0.15, 0.2) is 0 Å². The van der Waals surface area contributed by atoms with Crippen LogP contribution in [-0.2, 0) is 0 Å². The summed E-state index contributed by atoms with van der Waals surface area (Å²) in [6.07, 6.45) is 0. The Kier molecular flexibility index (Phi) is 4.04. The van der Waals surface area contributed by atoms with E-state index in [1.54, 1.807) is 13.0 Å². The normalized spacial score (nSPS) is 10.4. The van der Waals surface area contributed by atoms with Gasteiger partial charge in [-0.1, -0.05) is 0 Å². The summed E-state index contributed by atoms with van der Waals surface area (Å²) in [6.45, 7) is 1.73. The minimum absolute atomic E-state index is 0.0257. The van der Waals surface area contributed by atoms with Crippen LogP contribution < -0.4 is 11.1 Å². The van der Waals surface area contributed by atoms with E-state index in [2.05, 4.69) is 21.2 Å². The van der Waals surface area contributed by atoms with Crippen LogP contribution >= 0.6 is 15.9 Å². The van der Waals surface area contributed by atoms with Crippen molar-refractivity contribution in [1.29, 1.82) is 0 Å². The largest absolute Gasteiger partial charge is 0.398 e. The molecule has 0 unspecified atom stereocenters. The van der Waals surface area contributed by atoms with Crippen LogP contribution in [0.25, 0.3) is 0 Å². The van der Waals surface area contributed by atoms with Crippen molar-refractivity contribution in [3.8, 4) is 0 Å². The summed E-state index contributed by atoms with van der Waals surface area (Å²) in [4.78, 5) is 12.0. The third kappa shape index (κ3) is 2.96. The molecular weight excluding hydrogens is 330 g/mol. The van der Waals surface area contributed by atoms with E-state index in [0.29, 0.717) is 15.7 Å². The Morgan fingerprint density at radius 3 is 2.60 bits per heavy atom. The number of hydrogen-bond acceptors (Lipinski definition) is 2. The molecule has 2 rings (SSSR count). The van der Waals surface area contributed by atoms with E-state index in [1.165, 1.54) is 12.1 Å². The lowest BCUT2D eigenvalue weighted by atomic mass is 10.1. The maximum Gasteiger partial charge on any atom is 0.257 e. The fourth-order valence-corrected chi connectivity index (χ4v) is 2.17. The Hall–Kier alpha value is -1.95. The van der Waals surface area contributed by atoms with Gasteiger partial charge in [0.05, 0.1) is 10.0 Å². The van der Waals surface area contributed by atoms with Gasteiger partial charge in [-0.3, -0.25) is 4.79 Å². The van der Waals surface area contributed by atoms with Gasteiger partial charge in [0.2, 0.25) is 0 Å². The van der Waals surface area contributed by atoms with E-state index in [0.717, 1.165) is 12.1 Å². The number of nitrogens with two attached hydrogens (primary N) is 1. The first kappa shape index (κ1) is 14.5. The lowest BCUT2D eigenvalue weighted by Crippen LogP contribution is -2.15. The molecule has 0 saturated carbocycles. The fraction of sp³-hybridized carbons (Fsp3) is 0.0714. The zero-order valence-electron chi connectivity index (χ0n) is 10.5. The molecule has 0 radical (unpaired) electrons. The molecule has 0 heterocycles. The third-order valence-electron chi connectivity index (χ3n) is 2.77. The van der Waals surface area contributed by atoms with E-state index in [9.17, 15) is 13.6 Å². The predicted molar refractivity (Wildman–Crippen MR) is 77.6 cm³/mol. The molecule has 2 aromatic rings. The highest BCUT2D eigenvalue weighted by Crippen LogP contribution is 2.25. The van der Waals surface area contributed by atoms with Crippen molar-refractivity contribution in [2.24, 2.45) is 0 Å². The van der Waals surface area contributed by atoms with Crippen molar-refractivity contribution in [2.75, 3.05) is 11.1 Å². The molecule has 0 bridgehead atoms. The van der Waals surface area contributed by atoms with Crippen LogP contribution in [0.4, 0.5) is 20.2 Å². The molecule has 0 aliphatic heterocycles. The van der Waals surface area contributed by atoms with Crippen LogP contribution in [0.3, 0.4) is 0 Å². The number of carbonyl (C=O) groups excluding carboxylic acids is 1. The molecule has 1 amide bonds. The van der Waals surface area contributed by atoms with Crippen LogP contribution in [0.1, 0.15) is 15.9 Å². The number of nitrogens with one attached hydrogen (secondary N) is 1. The summed E-state index contributed by atoms with van der Waals surface area (Å²) in [5, 5.41) is 2.55. The summed E-state index contributed by atoms with van der Waals surface area (Å²) in [5.74, 6) is -1.53. The number of hydrogen-bond donors (Lipinski definition) is 2. The molecule has 0 fully saturated rings. The highest BCUT2D eigenvalue weighted by atomic mass is 79.9. The van der Waals surface area contributed by atoms with Crippen molar-refractivity contribution in [2.45, 2.75) is 6.92 Å². The number of anilines is 2. The number of carbonyl (C=O) groups is 1. The number of amides is 1. The number of halogens is 3. The summed E-state index contributed by atoms with van der Waals surface area (Å²) in [7, 11) is 0. The first-order valence-electron chi connectivity index (χ1n) is 5.70. The second kappa shape index (κ2) is 5.58. The molecule has 6 heteroatoms. The van der Waals surface area contributed by atoms with Gasteiger partial charge in [-0.05, 0) is 58.7 Å². The summed E-state index contributed by atoms with van der Waals surface area (Å²) in [6, 6.07) is 6.24. The maximum absolute atomic E-state index is 13.5. The topological polar surface area (TPSA) is 55.1 Å². The number of aryl methyl sites for hydroxylation is 1. The molecule has 0 aliphatic rings. The monoisotopic (exact) mass is 340 g/mol. The van der Waals surface area contributed by atoms with Gasteiger partial charge >= 0.3 is 0 Å². The highest BCUT2D eigenvalue weighted by Gasteiger charge is 2.13. The lowest BCUT2D eigenvalue weighted by molar-refractivity contribution is 0.102. The number of benzene rings is 2. The van der Waals surface area contributed by atoms with E-state index < -0.39 is 17.5 Å². The molecule has 104 valence electrons. The molecule has 0 saturated heterocycles. The Morgan fingerprint density at radius 2 is 1.95 bits per heavy atom. The lowest BCUT2D eigenvalue weighted by Gasteiger charge is -2.11. The van der Waals surface area contributed by atoms with Crippen LogP contribution in [0.15, 0.2) is 34.8 Å². The van der Waals surface area contributed by atoms with Gasteiger partial charge in [0.25, 0.3) is 5.91 Å². The second-order valence-electron chi connectivity index (χ2n) is 4.27. The van der Waals surface area contributed by atoms with Crippen LogP contribution in [-0.4, -0.2) is 5.91 Å². The smallest absolute Gasteiger partial charge is 0.257 e. The minimum atomic E-state index is -0.523. The first-order valence-corrected chi connectivity index (χ1v) is 6.50. The Morgan fingerprint density at radius 1 is 1.25 bits per heavy atom. The first-order chi connectivity index (χ1) is 9.38. The highest BCUT2D eigenvalue weighted by molar-refractivity contribution is 9.10. The maximum atomic E-state index is 13.5. The molecule has 3 N–H and O–H groups in total. The standard InChI is InChI=1S/C14H11BrF2N2O/c1-7-4-10(15)11(17)6-13(7)19-14(20)9-3-2-8(16)5-12(9)18/h2-6H,18H2,1H3,(H,19,20). The Bertz CT molecular complexity index is 689. The van der Waals surface area contributed by atoms with Gasteiger partial charge in [0.1, 0.15) is 11.6 Å². The van der Waals surface area contributed by atoms with E-state index in [-0.39, 0.29) is 11.3 Å².